The average molecular weight is 248 g/mol. The molecule has 0 amide bonds. The Bertz CT molecular complexity index is 215. The van der Waals surface area contributed by atoms with Crippen molar-refractivity contribution >= 4 is 14.8 Å². The van der Waals surface area contributed by atoms with Crippen LogP contribution in [0.25, 0.3) is 0 Å². The fraction of sp³-hybridized carbons (Fsp3) is 0.700. The Balaban J connectivity index is 4.09. The third-order valence-electron chi connectivity index (χ3n) is 1.97. The SMILES string of the molecule is C=CC(=O)OCC[Si](OC)(OC)OCCC. The van der Waals surface area contributed by atoms with Crippen LogP contribution in [0.2, 0.25) is 6.04 Å². The fourth-order valence-electron chi connectivity index (χ4n) is 1.07. The van der Waals surface area contributed by atoms with E-state index in [0.29, 0.717) is 12.7 Å². The molecule has 0 bridgehead atoms. The van der Waals surface area contributed by atoms with Gasteiger partial charge in [-0.2, -0.15) is 0 Å². The molecule has 6 heteroatoms. The molecular weight excluding hydrogens is 228 g/mol. The van der Waals surface area contributed by atoms with E-state index >= 15 is 0 Å². The lowest BCUT2D eigenvalue weighted by Crippen LogP contribution is -2.45. The maximum Gasteiger partial charge on any atom is 0.503 e. The number of hydrogen-bond acceptors (Lipinski definition) is 5. The summed E-state index contributed by atoms with van der Waals surface area (Å²) in [6, 6.07) is 0.444. The summed E-state index contributed by atoms with van der Waals surface area (Å²) in [5.74, 6) is -0.453. The fourth-order valence-corrected chi connectivity index (χ4v) is 2.89. The summed E-state index contributed by atoms with van der Waals surface area (Å²) in [5, 5.41) is 0. The van der Waals surface area contributed by atoms with Gasteiger partial charge in [-0.15, -0.1) is 0 Å². The lowest BCUT2D eigenvalue weighted by Gasteiger charge is -2.25. The molecule has 5 nitrogen and oxygen atoms in total. The summed E-state index contributed by atoms with van der Waals surface area (Å²) >= 11 is 0. The van der Waals surface area contributed by atoms with Gasteiger partial charge in [0.25, 0.3) is 0 Å². The van der Waals surface area contributed by atoms with Crippen molar-refractivity contribution in [1.29, 1.82) is 0 Å². The van der Waals surface area contributed by atoms with Crippen molar-refractivity contribution in [2.45, 2.75) is 19.4 Å². The molecule has 94 valence electrons. The van der Waals surface area contributed by atoms with E-state index in [4.69, 9.17) is 18.0 Å². The molecule has 0 radical (unpaired) electrons. The summed E-state index contributed by atoms with van der Waals surface area (Å²) in [5.41, 5.74) is 0. The topological polar surface area (TPSA) is 54.0 Å². The van der Waals surface area contributed by atoms with Crippen LogP contribution in [0.3, 0.4) is 0 Å². The highest BCUT2D eigenvalue weighted by Gasteiger charge is 2.38. The molecule has 0 aromatic carbocycles. The first-order chi connectivity index (χ1) is 7.64. The third kappa shape index (κ3) is 5.41. The van der Waals surface area contributed by atoms with Crippen LogP contribution < -0.4 is 0 Å². The molecule has 0 aromatic heterocycles. The summed E-state index contributed by atoms with van der Waals surface area (Å²) < 4.78 is 21.0. The van der Waals surface area contributed by atoms with Crippen molar-refractivity contribution in [1.82, 2.24) is 0 Å². The van der Waals surface area contributed by atoms with Gasteiger partial charge in [0.1, 0.15) is 0 Å². The first-order valence-corrected chi connectivity index (χ1v) is 7.10. The van der Waals surface area contributed by atoms with Crippen LogP contribution in [0, 0.1) is 0 Å². The molecule has 0 spiro atoms. The number of rotatable bonds is 9. The van der Waals surface area contributed by atoms with Gasteiger partial charge in [0.2, 0.25) is 0 Å². The van der Waals surface area contributed by atoms with Crippen LogP contribution in [0.1, 0.15) is 13.3 Å². The quantitative estimate of drug-likeness (QED) is 0.350. The van der Waals surface area contributed by atoms with Crippen molar-refractivity contribution in [3.8, 4) is 0 Å². The van der Waals surface area contributed by atoms with E-state index in [1.54, 1.807) is 14.2 Å². The molecule has 0 atom stereocenters. The molecule has 0 aliphatic rings. The smallest absolute Gasteiger partial charge is 0.463 e. The van der Waals surface area contributed by atoms with Gasteiger partial charge in [-0.25, -0.2) is 4.79 Å². The molecule has 0 saturated heterocycles. The summed E-state index contributed by atoms with van der Waals surface area (Å²) in [4.78, 5) is 10.8. The Morgan fingerprint density at radius 1 is 1.31 bits per heavy atom. The van der Waals surface area contributed by atoms with Crippen molar-refractivity contribution in [3.63, 3.8) is 0 Å². The largest absolute Gasteiger partial charge is 0.503 e. The zero-order valence-corrected chi connectivity index (χ0v) is 11.2. The Hall–Kier alpha value is -0.693. The van der Waals surface area contributed by atoms with Crippen molar-refractivity contribution in [2.24, 2.45) is 0 Å². The van der Waals surface area contributed by atoms with Gasteiger partial charge in [-0.1, -0.05) is 13.5 Å². The van der Waals surface area contributed by atoms with Crippen LogP contribution in [0.15, 0.2) is 12.7 Å². The number of carbonyl (C=O) groups excluding carboxylic acids is 1. The van der Waals surface area contributed by atoms with Crippen molar-refractivity contribution < 1.29 is 22.8 Å². The Labute approximate surface area is 97.7 Å². The highest BCUT2D eigenvalue weighted by Crippen LogP contribution is 2.14. The van der Waals surface area contributed by atoms with Crippen molar-refractivity contribution in [3.05, 3.63) is 12.7 Å². The van der Waals surface area contributed by atoms with Gasteiger partial charge in [-0.3, -0.25) is 0 Å². The van der Waals surface area contributed by atoms with E-state index in [1.165, 1.54) is 0 Å². The van der Waals surface area contributed by atoms with Gasteiger partial charge in [-0.05, 0) is 6.42 Å². The van der Waals surface area contributed by atoms with E-state index in [0.717, 1.165) is 12.5 Å². The van der Waals surface area contributed by atoms with Gasteiger partial charge in [0.05, 0.1) is 12.7 Å². The van der Waals surface area contributed by atoms with E-state index in [-0.39, 0.29) is 6.61 Å². The van der Waals surface area contributed by atoms with Crippen molar-refractivity contribution in [2.75, 3.05) is 27.4 Å². The second-order valence-electron chi connectivity index (χ2n) is 3.06. The first-order valence-electron chi connectivity index (χ1n) is 5.17. The molecular formula is C10H20O5Si. The molecule has 0 aliphatic carbocycles. The summed E-state index contributed by atoms with van der Waals surface area (Å²) in [6.45, 7) is 6.09. The van der Waals surface area contributed by atoms with Crippen LogP contribution in [-0.2, 0) is 22.8 Å². The molecule has 0 unspecified atom stereocenters. The maximum absolute atomic E-state index is 10.8. The predicted octanol–water partition coefficient (Wildman–Crippen LogP) is 1.37. The zero-order valence-electron chi connectivity index (χ0n) is 10.2. The minimum Gasteiger partial charge on any atom is -0.463 e. The molecule has 0 saturated carbocycles. The number of carbonyl (C=O) groups is 1. The zero-order chi connectivity index (χ0) is 12.4. The second-order valence-corrected chi connectivity index (χ2v) is 6.03. The first kappa shape index (κ1) is 15.3. The maximum atomic E-state index is 10.8. The predicted molar refractivity (Wildman–Crippen MR) is 62.0 cm³/mol. The standard InChI is InChI=1S/C10H20O5Si/c1-5-7-15-16(12-3,13-4)9-8-14-10(11)6-2/h6H,2,5,7-9H2,1,3-4H3. The highest BCUT2D eigenvalue weighted by atomic mass is 28.4. The second kappa shape index (κ2) is 8.46. The highest BCUT2D eigenvalue weighted by molar-refractivity contribution is 6.60. The lowest BCUT2D eigenvalue weighted by molar-refractivity contribution is -0.137. The number of hydrogen-bond donors (Lipinski definition) is 0. The van der Waals surface area contributed by atoms with Gasteiger partial charge >= 0.3 is 14.8 Å². The Morgan fingerprint density at radius 3 is 2.38 bits per heavy atom. The molecule has 0 rings (SSSR count). The molecule has 0 heterocycles. The van der Waals surface area contributed by atoms with Gasteiger partial charge < -0.3 is 18.0 Å². The molecule has 0 aliphatic heterocycles. The average Bonchev–Trinajstić information content (AvgIpc) is 2.33. The van der Waals surface area contributed by atoms with Crippen LogP contribution in [0.4, 0.5) is 0 Å². The van der Waals surface area contributed by atoms with E-state index < -0.39 is 14.8 Å². The number of esters is 1. The summed E-state index contributed by atoms with van der Waals surface area (Å²) in [6.07, 6.45) is 2.00. The van der Waals surface area contributed by atoms with Crippen LogP contribution >= 0.6 is 0 Å². The Kier molecular flexibility index (Phi) is 8.09. The summed E-state index contributed by atoms with van der Waals surface area (Å²) in [7, 11) is 0.429. The molecule has 0 N–H and O–H groups in total. The normalized spacial score (nSPS) is 11.2. The Morgan fingerprint density at radius 2 is 1.94 bits per heavy atom. The van der Waals surface area contributed by atoms with E-state index in [2.05, 4.69) is 6.58 Å². The monoisotopic (exact) mass is 248 g/mol. The molecule has 16 heavy (non-hydrogen) atoms. The van der Waals surface area contributed by atoms with Gasteiger partial charge in [0, 0.05) is 26.9 Å². The van der Waals surface area contributed by atoms with E-state index in [9.17, 15) is 4.79 Å². The van der Waals surface area contributed by atoms with E-state index in [1.807, 2.05) is 6.92 Å². The minimum absolute atomic E-state index is 0.211. The van der Waals surface area contributed by atoms with Crippen LogP contribution in [0.5, 0.6) is 0 Å². The van der Waals surface area contributed by atoms with Gasteiger partial charge in [0.15, 0.2) is 0 Å². The van der Waals surface area contributed by atoms with Crippen LogP contribution in [-0.4, -0.2) is 42.2 Å². The number of ether oxygens (including phenoxy) is 1. The third-order valence-corrected chi connectivity index (χ3v) is 4.67. The lowest BCUT2D eigenvalue weighted by atomic mass is 10.5. The minimum atomic E-state index is -2.66. The molecule has 0 aromatic rings. The molecule has 0 fully saturated rings.